The quantitative estimate of drug-likeness (QED) is 0.675. The van der Waals surface area contributed by atoms with Crippen molar-refractivity contribution in [2.24, 2.45) is 0 Å². The molecule has 8 heteroatoms. The average Bonchev–Trinajstić information content (AvgIpc) is 2.57. The van der Waals surface area contributed by atoms with Crippen molar-refractivity contribution in [2.75, 3.05) is 7.05 Å². The van der Waals surface area contributed by atoms with Gasteiger partial charge in [0.2, 0.25) is 15.9 Å². The SMILES string of the molecule is CNC(=O)C(C)NS(=O)(=O)c1c(C)n[nH]c1C. The van der Waals surface area contributed by atoms with Crippen LogP contribution in [0.4, 0.5) is 0 Å². The lowest BCUT2D eigenvalue weighted by molar-refractivity contribution is -0.121. The van der Waals surface area contributed by atoms with Crippen molar-refractivity contribution in [3.63, 3.8) is 0 Å². The first-order chi connectivity index (χ1) is 7.79. The van der Waals surface area contributed by atoms with Crippen LogP contribution in [0, 0.1) is 13.8 Å². The minimum atomic E-state index is -3.74. The molecule has 1 aromatic rings. The van der Waals surface area contributed by atoms with Gasteiger partial charge in [-0.1, -0.05) is 0 Å². The highest BCUT2D eigenvalue weighted by Gasteiger charge is 2.26. The number of rotatable bonds is 4. The van der Waals surface area contributed by atoms with Crippen LogP contribution in [-0.4, -0.2) is 37.6 Å². The Hall–Kier alpha value is -1.41. The normalized spacial score (nSPS) is 13.4. The van der Waals surface area contributed by atoms with Crippen LogP contribution < -0.4 is 10.0 Å². The molecule has 0 spiro atoms. The van der Waals surface area contributed by atoms with Gasteiger partial charge in [0.15, 0.2) is 0 Å². The summed E-state index contributed by atoms with van der Waals surface area (Å²) in [6.45, 7) is 4.67. The molecule has 3 N–H and O–H groups in total. The molecule has 1 heterocycles. The first-order valence-electron chi connectivity index (χ1n) is 5.05. The highest BCUT2D eigenvalue weighted by molar-refractivity contribution is 7.89. The lowest BCUT2D eigenvalue weighted by Gasteiger charge is -2.12. The van der Waals surface area contributed by atoms with E-state index < -0.39 is 22.0 Å². The lowest BCUT2D eigenvalue weighted by atomic mass is 10.3. The van der Waals surface area contributed by atoms with E-state index in [1.807, 2.05) is 0 Å². The number of hydrogen-bond donors (Lipinski definition) is 3. The summed E-state index contributed by atoms with van der Waals surface area (Å²) in [7, 11) is -2.29. The fourth-order valence-electron chi connectivity index (χ4n) is 1.50. The molecule has 0 fully saturated rings. The van der Waals surface area contributed by atoms with Crippen molar-refractivity contribution >= 4 is 15.9 Å². The molecule has 7 nitrogen and oxygen atoms in total. The molecular weight excluding hydrogens is 244 g/mol. The predicted octanol–water partition coefficient (Wildman–Crippen LogP) is -0.561. The first-order valence-corrected chi connectivity index (χ1v) is 6.53. The van der Waals surface area contributed by atoms with Crippen molar-refractivity contribution in [1.82, 2.24) is 20.2 Å². The Morgan fingerprint density at radius 2 is 2.00 bits per heavy atom. The molecular formula is C9H16N4O3S. The molecule has 0 aromatic carbocycles. The number of aromatic nitrogens is 2. The van der Waals surface area contributed by atoms with Gasteiger partial charge in [-0.2, -0.15) is 9.82 Å². The number of likely N-dealkylation sites (N-methyl/N-ethyl adjacent to an activating group) is 1. The molecule has 0 saturated heterocycles. The number of H-pyrrole nitrogens is 1. The topological polar surface area (TPSA) is 104 Å². The van der Waals surface area contributed by atoms with E-state index >= 15 is 0 Å². The van der Waals surface area contributed by atoms with E-state index in [9.17, 15) is 13.2 Å². The summed E-state index contributed by atoms with van der Waals surface area (Å²) in [5.74, 6) is -0.396. The molecule has 0 bridgehead atoms. The molecule has 17 heavy (non-hydrogen) atoms. The standard InChI is InChI=1S/C9H16N4O3S/c1-5-8(6(2)12-11-5)17(15,16)13-7(3)9(14)10-4/h7,13H,1-4H3,(H,10,14)(H,11,12). The molecule has 0 aliphatic rings. The number of aryl methyl sites for hydroxylation is 2. The maximum absolute atomic E-state index is 12.0. The Kier molecular flexibility index (Phi) is 3.89. The third kappa shape index (κ3) is 2.83. The van der Waals surface area contributed by atoms with E-state index in [4.69, 9.17) is 0 Å². The second-order valence-corrected chi connectivity index (χ2v) is 5.37. The van der Waals surface area contributed by atoms with Gasteiger partial charge < -0.3 is 5.32 Å². The Bertz CT molecular complexity index is 501. The summed E-state index contributed by atoms with van der Waals surface area (Å²) in [5.41, 5.74) is 0.818. The number of aromatic amines is 1. The van der Waals surface area contributed by atoms with Crippen molar-refractivity contribution < 1.29 is 13.2 Å². The molecule has 0 aliphatic carbocycles. The fourth-order valence-corrected chi connectivity index (χ4v) is 3.07. The van der Waals surface area contributed by atoms with E-state index in [1.165, 1.54) is 14.0 Å². The average molecular weight is 260 g/mol. The van der Waals surface area contributed by atoms with Gasteiger partial charge in [0.1, 0.15) is 4.90 Å². The van der Waals surface area contributed by atoms with Gasteiger partial charge in [0.05, 0.1) is 17.4 Å². The monoisotopic (exact) mass is 260 g/mol. The van der Waals surface area contributed by atoms with Crippen LogP contribution >= 0.6 is 0 Å². The van der Waals surface area contributed by atoms with Gasteiger partial charge in [-0.15, -0.1) is 0 Å². The molecule has 1 amide bonds. The molecule has 0 aliphatic heterocycles. The van der Waals surface area contributed by atoms with Crippen LogP contribution in [0.15, 0.2) is 4.90 Å². The number of nitrogens with one attached hydrogen (secondary N) is 3. The minimum absolute atomic E-state index is 0.0910. The molecule has 1 atom stereocenters. The minimum Gasteiger partial charge on any atom is -0.358 e. The zero-order valence-electron chi connectivity index (χ0n) is 10.2. The maximum Gasteiger partial charge on any atom is 0.244 e. The summed E-state index contributed by atoms with van der Waals surface area (Å²) >= 11 is 0. The van der Waals surface area contributed by atoms with Crippen molar-refractivity contribution in [3.8, 4) is 0 Å². The van der Waals surface area contributed by atoms with Crippen molar-refractivity contribution in [2.45, 2.75) is 31.7 Å². The second-order valence-electron chi connectivity index (χ2n) is 3.72. The van der Waals surface area contributed by atoms with Crippen LogP contribution in [0.5, 0.6) is 0 Å². The Balaban J connectivity index is 3.02. The van der Waals surface area contributed by atoms with E-state index in [0.717, 1.165) is 0 Å². The van der Waals surface area contributed by atoms with Crippen LogP contribution in [0.1, 0.15) is 18.3 Å². The Labute approximate surface area is 100 Å². The molecule has 0 radical (unpaired) electrons. The maximum atomic E-state index is 12.0. The summed E-state index contributed by atoms with van der Waals surface area (Å²) in [4.78, 5) is 11.4. The van der Waals surface area contributed by atoms with Crippen LogP contribution in [0.3, 0.4) is 0 Å². The van der Waals surface area contributed by atoms with E-state index in [-0.39, 0.29) is 4.90 Å². The smallest absolute Gasteiger partial charge is 0.244 e. The van der Waals surface area contributed by atoms with E-state index in [2.05, 4.69) is 20.2 Å². The summed E-state index contributed by atoms with van der Waals surface area (Å²) in [6, 6.07) is -0.835. The van der Waals surface area contributed by atoms with Gasteiger partial charge in [0.25, 0.3) is 0 Å². The van der Waals surface area contributed by atoms with Gasteiger partial charge in [0, 0.05) is 7.05 Å². The van der Waals surface area contributed by atoms with Gasteiger partial charge in [-0.05, 0) is 20.8 Å². The number of hydrogen-bond acceptors (Lipinski definition) is 4. The van der Waals surface area contributed by atoms with Gasteiger partial charge in [-0.25, -0.2) is 8.42 Å². The Morgan fingerprint density at radius 3 is 2.41 bits per heavy atom. The van der Waals surface area contributed by atoms with Gasteiger partial charge >= 0.3 is 0 Å². The van der Waals surface area contributed by atoms with Gasteiger partial charge in [-0.3, -0.25) is 9.89 Å². The summed E-state index contributed by atoms with van der Waals surface area (Å²) in [6.07, 6.45) is 0. The zero-order chi connectivity index (χ0) is 13.2. The van der Waals surface area contributed by atoms with Crippen LogP contribution in [-0.2, 0) is 14.8 Å². The first kappa shape index (κ1) is 13.7. The highest BCUT2D eigenvalue weighted by atomic mass is 32.2. The number of carbonyl (C=O) groups excluding carboxylic acids is 1. The number of sulfonamides is 1. The highest BCUT2D eigenvalue weighted by Crippen LogP contribution is 2.16. The third-order valence-electron chi connectivity index (χ3n) is 2.30. The number of nitrogens with zero attached hydrogens (tertiary/aromatic N) is 1. The fraction of sp³-hybridized carbons (Fsp3) is 0.556. The summed E-state index contributed by atoms with van der Waals surface area (Å²) < 4.78 is 26.3. The van der Waals surface area contributed by atoms with Crippen LogP contribution in [0.2, 0.25) is 0 Å². The van der Waals surface area contributed by atoms with E-state index in [0.29, 0.717) is 11.4 Å². The molecule has 1 aromatic heterocycles. The molecule has 1 unspecified atom stereocenters. The summed E-state index contributed by atoms with van der Waals surface area (Å²) in [5, 5.41) is 8.77. The third-order valence-corrected chi connectivity index (χ3v) is 4.10. The predicted molar refractivity (Wildman–Crippen MR) is 61.9 cm³/mol. The molecule has 96 valence electrons. The van der Waals surface area contributed by atoms with Crippen molar-refractivity contribution in [1.29, 1.82) is 0 Å². The largest absolute Gasteiger partial charge is 0.358 e. The lowest BCUT2D eigenvalue weighted by Crippen LogP contribution is -2.43. The Morgan fingerprint density at radius 1 is 1.41 bits per heavy atom. The van der Waals surface area contributed by atoms with Crippen LogP contribution in [0.25, 0.3) is 0 Å². The number of amides is 1. The molecule has 0 saturated carbocycles. The number of carbonyl (C=O) groups is 1. The van der Waals surface area contributed by atoms with E-state index in [1.54, 1.807) is 13.8 Å². The second kappa shape index (κ2) is 4.84. The zero-order valence-corrected chi connectivity index (χ0v) is 11.0. The molecule has 1 rings (SSSR count). The van der Waals surface area contributed by atoms with Crippen molar-refractivity contribution in [3.05, 3.63) is 11.4 Å².